The predicted molar refractivity (Wildman–Crippen MR) is 285 cm³/mol. The first kappa shape index (κ1) is 57.0. The Kier molecular flexibility index (Phi) is 23.9. The van der Waals surface area contributed by atoms with Gasteiger partial charge in [-0.2, -0.15) is 0 Å². The molecule has 20 heteroatoms. The van der Waals surface area contributed by atoms with Gasteiger partial charge in [0.05, 0.1) is 28.9 Å². The standard InChI is InChI=1S/C17H20N4O.C13H17BN2O2.C10H15BrN2O.C5H13NO.C4H2BrClN2/c1-21(2)8-3-9-22-16-5-4-14(11-19-16)15-10-13-6-7-18-17(13)20-12-15;1-12(2)13(3,4)18-14(17-12)10-7-9-5-6-15-11(9)16-8-10;1-13(2)6-3-7-14-10-5-4-9(11)8-12-10;1-6(2)4-3-5-7;5-3-1-7-4(6)8-2-3/h4-7,10-12H,3,8-9H2,1-2H3,(H,18,20);5-8H,1-4H3,(H,15,16);4-5,8H,3,6-7H2,1-2H3;7H,3-5H2,1-2H3;1-2H. The molecule has 0 aromatic carbocycles. The van der Waals surface area contributed by atoms with E-state index < -0.39 is 0 Å². The molecule has 8 rings (SSSR count). The van der Waals surface area contributed by atoms with Gasteiger partial charge in [-0.05, 0) is 176 Å². The minimum atomic E-state index is -0.346. The van der Waals surface area contributed by atoms with Crippen molar-refractivity contribution in [1.82, 2.24) is 54.6 Å². The third-order valence-electron chi connectivity index (χ3n) is 10.5. The maximum absolute atomic E-state index is 8.29. The molecule has 0 aliphatic carbocycles. The zero-order valence-electron chi connectivity index (χ0n) is 41.4. The minimum absolute atomic E-state index is 0.271. The highest BCUT2D eigenvalue weighted by molar-refractivity contribution is 9.10. The molecule has 16 nitrogen and oxygen atoms in total. The Labute approximate surface area is 429 Å². The fourth-order valence-electron chi connectivity index (χ4n) is 6.05. The fraction of sp³-hybridized carbons (Fsp3) is 0.429. The SMILES string of the molecule is CC1(C)OB(c2cnc3[nH]ccc3c2)OC1(C)C.CN(C)CCCO.CN(C)CCCOc1ccc(-c2cnc3[nH]ccc3c2)cn1.CN(C)CCCOc1ccc(Br)cn1.Clc1ncc(Br)cn1. The first-order valence-electron chi connectivity index (χ1n) is 22.6. The highest BCUT2D eigenvalue weighted by Crippen LogP contribution is 2.36. The summed E-state index contributed by atoms with van der Waals surface area (Å²) in [7, 11) is 11.9. The zero-order valence-corrected chi connectivity index (χ0v) is 45.3. The van der Waals surface area contributed by atoms with E-state index in [9.17, 15) is 0 Å². The van der Waals surface area contributed by atoms with Gasteiger partial charge in [-0.15, -0.1) is 0 Å². The monoisotopic (exact) mass is 1090 g/mol. The van der Waals surface area contributed by atoms with Gasteiger partial charge in [-0.1, -0.05) is 0 Å². The lowest BCUT2D eigenvalue weighted by molar-refractivity contribution is 0.00578. The average Bonchev–Trinajstić information content (AvgIpc) is 4.05. The van der Waals surface area contributed by atoms with Crippen molar-refractivity contribution in [3.05, 3.63) is 112 Å². The van der Waals surface area contributed by atoms with Gasteiger partial charge < -0.3 is 48.6 Å². The number of aromatic nitrogens is 8. The van der Waals surface area contributed by atoms with Crippen molar-refractivity contribution >= 4 is 78.1 Å². The van der Waals surface area contributed by atoms with E-state index in [4.69, 9.17) is 35.5 Å². The number of fused-ring (bicyclic) bond motifs is 2. The van der Waals surface area contributed by atoms with E-state index in [-0.39, 0.29) is 23.6 Å². The fourth-order valence-corrected chi connectivity index (χ4v) is 6.58. The summed E-state index contributed by atoms with van der Waals surface area (Å²) in [6.07, 6.45) is 17.1. The van der Waals surface area contributed by atoms with Crippen LogP contribution in [-0.2, 0) is 9.31 Å². The van der Waals surface area contributed by atoms with Crippen molar-refractivity contribution in [3.63, 3.8) is 0 Å². The molecule has 3 N–H and O–H groups in total. The number of rotatable bonds is 15. The molecule has 0 radical (unpaired) electrons. The number of hydrogen-bond donors (Lipinski definition) is 3. The van der Waals surface area contributed by atoms with Gasteiger partial charge in [-0.25, -0.2) is 29.9 Å². The van der Waals surface area contributed by atoms with E-state index in [0.717, 1.165) is 86.5 Å². The molecule has 0 amide bonds. The van der Waals surface area contributed by atoms with Crippen LogP contribution >= 0.6 is 43.5 Å². The smallest absolute Gasteiger partial charge is 0.478 e. The second-order valence-electron chi connectivity index (χ2n) is 17.7. The van der Waals surface area contributed by atoms with Crippen LogP contribution in [0.15, 0.2) is 107 Å². The van der Waals surface area contributed by atoms with E-state index >= 15 is 0 Å². The van der Waals surface area contributed by atoms with E-state index in [1.807, 2.05) is 75.3 Å². The van der Waals surface area contributed by atoms with Crippen LogP contribution in [-0.4, -0.2) is 160 Å². The van der Waals surface area contributed by atoms with Gasteiger partial charge in [0.2, 0.25) is 17.0 Å². The van der Waals surface area contributed by atoms with Crippen molar-refractivity contribution in [2.75, 3.05) is 81.7 Å². The van der Waals surface area contributed by atoms with Crippen LogP contribution in [0.5, 0.6) is 11.8 Å². The lowest BCUT2D eigenvalue weighted by atomic mass is 9.80. The topological polar surface area (TPSA) is 176 Å². The Bertz CT molecular complexity index is 2480. The van der Waals surface area contributed by atoms with Gasteiger partial charge in [0.15, 0.2) is 0 Å². The number of nitrogens with zero attached hydrogens (tertiary/aromatic N) is 9. The molecule has 7 aromatic rings. The molecule has 7 aromatic heterocycles. The number of nitrogens with one attached hydrogen (secondary N) is 2. The van der Waals surface area contributed by atoms with Crippen LogP contribution in [0.4, 0.5) is 0 Å². The molecular weight excluding hydrogens is 1030 g/mol. The number of aliphatic hydroxyl groups excluding tert-OH is 1. The lowest BCUT2D eigenvalue weighted by Gasteiger charge is -2.32. The van der Waals surface area contributed by atoms with Gasteiger partial charge >= 0.3 is 7.12 Å². The van der Waals surface area contributed by atoms with Gasteiger partial charge in [-0.3, -0.25) is 0 Å². The molecule has 0 saturated carbocycles. The summed E-state index contributed by atoms with van der Waals surface area (Å²) in [5.74, 6) is 1.35. The zero-order chi connectivity index (χ0) is 50.4. The summed E-state index contributed by atoms with van der Waals surface area (Å²) in [5.41, 5.74) is 4.21. The summed E-state index contributed by atoms with van der Waals surface area (Å²) < 4.78 is 24.9. The highest BCUT2D eigenvalue weighted by Gasteiger charge is 2.51. The Morgan fingerprint density at radius 2 is 1.07 bits per heavy atom. The van der Waals surface area contributed by atoms with E-state index in [2.05, 4.69) is 154 Å². The largest absolute Gasteiger partial charge is 0.496 e. The van der Waals surface area contributed by atoms with Crippen molar-refractivity contribution in [3.8, 4) is 22.9 Å². The van der Waals surface area contributed by atoms with Gasteiger partial charge in [0, 0.05) is 113 Å². The summed E-state index contributed by atoms with van der Waals surface area (Å²) in [5, 5.41) is 10.7. The normalized spacial score (nSPS) is 13.5. The molecule has 0 unspecified atom stereocenters. The number of pyridine rings is 4. The molecular formula is C49H67BBr2ClN11O5. The maximum atomic E-state index is 8.29. The molecule has 1 saturated heterocycles. The van der Waals surface area contributed by atoms with Crippen LogP contribution in [0.3, 0.4) is 0 Å². The first-order valence-corrected chi connectivity index (χ1v) is 24.6. The average molecular weight is 1100 g/mol. The second kappa shape index (κ2) is 28.9. The van der Waals surface area contributed by atoms with Crippen LogP contribution in [0.1, 0.15) is 47.0 Å². The Hall–Kier alpha value is -4.57. The van der Waals surface area contributed by atoms with E-state index in [1.165, 1.54) is 0 Å². The second-order valence-corrected chi connectivity index (χ2v) is 19.8. The van der Waals surface area contributed by atoms with Crippen molar-refractivity contribution in [2.45, 2.75) is 58.2 Å². The number of H-pyrrole nitrogens is 2. The maximum Gasteiger partial charge on any atom is 0.496 e. The van der Waals surface area contributed by atoms with Crippen LogP contribution in [0.2, 0.25) is 5.28 Å². The molecule has 1 fully saturated rings. The van der Waals surface area contributed by atoms with E-state index in [1.54, 1.807) is 24.8 Å². The quantitative estimate of drug-likeness (QED) is 0.0505. The number of aromatic amines is 2. The third-order valence-corrected chi connectivity index (χ3v) is 11.5. The molecule has 8 heterocycles. The molecule has 0 bridgehead atoms. The van der Waals surface area contributed by atoms with Crippen molar-refractivity contribution in [1.29, 1.82) is 0 Å². The minimum Gasteiger partial charge on any atom is -0.478 e. The number of hydrogen-bond acceptors (Lipinski definition) is 14. The first-order chi connectivity index (χ1) is 32.8. The predicted octanol–water partition coefficient (Wildman–Crippen LogP) is 8.82. The Morgan fingerprint density at radius 3 is 1.54 bits per heavy atom. The van der Waals surface area contributed by atoms with Gasteiger partial charge in [0.1, 0.15) is 11.3 Å². The summed E-state index contributed by atoms with van der Waals surface area (Å²) in [6, 6.07) is 15.9. The molecule has 1 aliphatic rings. The highest BCUT2D eigenvalue weighted by atomic mass is 79.9. The molecule has 69 heavy (non-hydrogen) atoms. The number of aliphatic hydroxyl groups is 1. The molecule has 0 spiro atoms. The summed E-state index contributed by atoms with van der Waals surface area (Å²) in [6.45, 7) is 12.9. The third kappa shape index (κ3) is 20.4. The van der Waals surface area contributed by atoms with Crippen LogP contribution in [0.25, 0.3) is 33.2 Å². The molecule has 0 atom stereocenters. The molecule has 1 aliphatic heterocycles. The number of halogens is 3. The Morgan fingerprint density at radius 1 is 0.594 bits per heavy atom. The van der Waals surface area contributed by atoms with Crippen LogP contribution < -0.4 is 14.9 Å². The van der Waals surface area contributed by atoms with Crippen LogP contribution in [0, 0.1) is 0 Å². The molecule has 372 valence electrons. The Balaban J connectivity index is 0.000000199. The summed E-state index contributed by atoms with van der Waals surface area (Å²) >= 11 is 11.9. The van der Waals surface area contributed by atoms with Crippen molar-refractivity contribution < 1.29 is 23.9 Å². The lowest BCUT2D eigenvalue weighted by Crippen LogP contribution is -2.41. The van der Waals surface area contributed by atoms with Crippen molar-refractivity contribution in [2.24, 2.45) is 0 Å². The van der Waals surface area contributed by atoms with Gasteiger partial charge in [0.25, 0.3) is 0 Å². The van der Waals surface area contributed by atoms with E-state index in [0.29, 0.717) is 31.6 Å². The summed E-state index contributed by atoms with van der Waals surface area (Å²) in [4.78, 5) is 37.1. The number of ether oxygens (including phenoxy) is 2.